The minimum atomic E-state index is -0.0998. The van der Waals surface area contributed by atoms with Gasteiger partial charge in [-0.05, 0) is 23.2 Å². The number of nitrogens with zero attached hydrogens (tertiary/aromatic N) is 1. The molecule has 0 saturated carbocycles. The standard InChI is InChI=1S/C11H8ClNOS/c12-10-8-11(14)13(15-10)7-6-9-4-2-1-3-5-9/h1-8H. The molecule has 0 radical (unpaired) electrons. The number of halogens is 1. The Morgan fingerprint density at radius 1 is 1.27 bits per heavy atom. The van der Waals surface area contributed by atoms with Gasteiger partial charge >= 0.3 is 0 Å². The van der Waals surface area contributed by atoms with Crippen molar-refractivity contribution >= 4 is 35.4 Å². The van der Waals surface area contributed by atoms with Crippen molar-refractivity contribution < 1.29 is 0 Å². The maximum absolute atomic E-state index is 11.3. The number of aromatic nitrogens is 1. The summed E-state index contributed by atoms with van der Waals surface area (Å²) < 4.78 is 1.99. The number of hydrogen-bond acceptors (Lipinski definition) is 2. The lowest BCUT2D eigenvalue weighted by Crippen LogP contribution is -2.04. The van der Waals surface area contributed by atoms with Gasteiger partial charge in [0.2, 0.25) is 0 Å². The lowest BCUT2D eigenvalue weighted by atomic mass is 10.2. The summed E-state index contributed by atoms with van der Waals surface area (Å²) in [5.74, 6) is 0. The van der Waals surface area contributed by atoms with E-state index in [9.17, 15) is 4.79 Å². The highest BCUT2D eigenvalue weighted by atomic mass is 35.5. The van der Waals surface area contributed by atoms with Gasteiger partial charge in [-0.15, -0.1) is 0 Å². The molecule has 2 nitrogen and oxygen atoms in total. The van der Waals surface area contributed by atoms with Crippen LogP contribution in [0.5, 0.6) is 0 Å². The van der Waals surface area contributed by atoms with Gasteiger partial charge < -0.3 is 0 Å². The van der Waals surface area contributed by atoms with Crippen molar-refractivity contribution in [3.63, 3.8) is 0 Å². The number of rotatable bonds is 2. The van der Waals surface area contributed by atoms with Crippen LogP contribution in [-0.4, -0.2) is 3.96 Å². The Morgan fingerprint density at radius 2 is 2.00 bits per heavy atom. The van der Waals surface area contributed by atoms with Crippen LogP contribution in [0.1, 0.15) is 5.56 Å². The minimum absolute atomic E-state index is 0.0998. The molecular formula is C11H8ClNOS. The third kappa shape index (κ3) is 2.58. The molecule has 0 aliphatic carbocycles. The summed E-state index contributed by atoms with van der Waals surface area (Å²) in [5.41, 5.74) is 0.950. The molecule has 0 amide bonds. The van der Waals surface area contributed by atoms with Gasteiger partial charge in [0.05, 0.1) is 0 Å². The Labute approximate surface area is 96.2 Å². The molecule has 2 rings (SSSR count). The highest BCUT2D eigenvalue weighted by Gasteiger charge is 1.97. The quantitative estimate of drug-likeness (QED) is 0.786. The summed E-state index contributed by atoms with van der Waals surface area (Å²) >= 11 is 6.93. The molecule has 1 aromatic heterocycles. The van der Waals surface area contributed by atoms with E-state index >= 15 is 0 Å². The number of benzene rings is 1. The zero-order valence-electron chi connectivity index (χ0n) is 7.76. The van der Waals surface area contributed by atoms with Gasteiger partial charge in [-0.3, -0.25) is 4.79 Å². The van der Waals surface area contributed by atoms with Gasteiger partial charge in [0.15, 0.2) is 0 Å². The largest absolute Gasteiger partial charge is 0.268 e. The van der Waals surface area contributed by atoms with Crippen LogP contribution in [0.15, 0.2) is 41.2 Å². The van der Waals surface area contributed by atoms with Gasteiger partial charge in [-0.25, -0.2) is 3.96 Å². The first-order chi connectivity index (χ1) is 7.25. The SMILES string of the molecule is O=c1cc(Cl)sn1C=Cc1ccccc1. The summed E-state index contributed by atoms with van der Waals surface area (Å²) in [6.07, 6.45) is 3.59. The molecule has 15 heavy (non-hydrogen) atoms. The first-order valence-corrected chi connectivity index (χ1v) is 5.52. The van der Waals surface area contributed by atoms with Crippen molar-refractivity contribution in [3.05, 3.63) is 56.7 Å². The zero-order valence-corrected chi connectivity index (χ0v) is 9.33. The van der Waals surface area contributed by atoms with E-state index in [-0.39, 0.29) is 5.56 Å². The summed E-state index contributed by atoms with van der Waals surface area (Å²) in [6.45, 7) is 0. The van der Waals surface area contributed by atoms with Crippen molar-refractivity contribution in [2.45, 2.75) is 0 Å². The lowest BCUT2D eigenvalue weighted by Gasteiger charge is -1.91. The van der Waals surface area contributed by atoms with Crippen molar-refractivity contribution in [2.24, 2.45) is 0 Å². The van der Waals surface area contributed by atoms with Crippen LogP contribution in [0, 0.1) is 0 Å². The van der Waals surface area contributed by atoms with Crippen LogP contribution in [0.3, 0.4) is 0 Å². The maximum atomic E-state index is 11.3. The molecule has 0 aliphatic heterocycles. The molecule has 1 heterocycles. The molecule has 0 bridgehead atoms. The Morgan fingerprint density at radius 3 is 2.60 bits per heavy atom. The highest BCUT2D eigenvalue weighted by molar-refractivity contribution is 7.11. The van der Waals surface area contributed by atoms with E-state index in [4.69, 9.17) is 11.6 Å². The smallest absolute Gasteiger partial charge is 0.266 e. The van der Waals surface area contributed by atoms with E-state index in [2.05, 4.69) is 0 Å². The molecule has 0 spiro atoms. The average molecular weight is 238 g/mol. The average Bonchev–Trinajstić information content (AvgIpc) is 2.56. The van der Waals surface area contributed by atoms with Crippen LogP contribution in [0.4, 0.5) is 0 Å². The summed E-state index contributed by atoms with van der Waals surface area (Å²) in [5, 5.41) is 0. The molecule has 4 heteroatoms. The maximum Gasteiger partial charge on any atom is 0.266 e. The summed E-state index contributed by atoms with van der Waals surface area (Å²) in [7, 11) is 0. The fourth-order valence-corrected chi connectivity index (χ4v) is 2.07. The van der Waals surface area contributed by atoms with E-state index in [0.29, 0.717) is 4.34 Å². The van der Waals surface area contributed by atoms with Crippen LogP contribution in [-0.2, 0) is 0 Å². The Hall–Kier alpha value is -1.32. The Bertz CT molecular complexity index is 527. The first-order valence-electron chi connectivity index (χ1n) is 4.37. The van der Waals surface area contributed by atoms with Crippen LogP contribution in [0.2, 0.25) is 4.34 Å². The normalized spacial score (nSPS) is 11.0. The zero-order chi connectivity index (χ0) is 10.7. The first kappa shape index (κ1) is 10.2. The van der Waals surface area contributed by atoms with E-state index in [0.717, 1.165) is 5.56 Å². The third-order valence-electron chi connectivity index (χ3n) is 1.84. The van der Waals surface area contributed by atoms with Gasteiger partial charge in [-0.1, -0.05) is 41.9 Å². The van der Waals surface area contributed by atoms with Gasteiger partial charge in [0.1, 0.15) is 4.34 Å². The van der Waals surface area contributed by atoms with Gasteiger partial charge in [0, 0.05) is 12.3 Å². The van der Waals surface area contributed by atoms with Gasteiger partial charge in [0.25, 0.3) is 5.56 Å². The topological polar surface area (TPSA) is 22.0 Å². The van der Waals surface area contributed by atoms with Crippen LogP contribution >= 0.6 is 23.1 Å². The van der Waals surface area contributed by atoms with Crippen molar-refractivity contribution in [1.29, 1.82) is 0 Å². The second-order valence-corrected chi connectivity index (χ2v) is 4.58. The lowest BCUT2D eigenvalue weighted by molar-refractivity contribution is 1.23. The van der Waals surface area contributed by atoms with Crippen molar-refractivity contribution in [3.8, 4) is 0 Å². The van der Waals surface area contributed by atoms with Crippen LogP contribution in [0.25, 0.3) is 12.3 Å². The van der Waals surface area contributed by atoms with E-state index in [1.165, 1.54) is 21.6 Å². The molecule has 2 aromatic rings. The molecular weight excluding hydrogens is 230 g/mol. The monoisotopic (exact) mass is 237 g/mol. The van der Waals surface area contributed by atoms with E-state index in [1.54, 1.807) is 6.20 Å². The minimum Gasteiger partial charge on any atom is -0.268 e. The molecule has 1 aromatic carbocycles. The Balaban J connectivity index is 2.26. The third-order valence-corrected chi connectivity index (χ3v) is 2.95. The molecule has 0 atom stereocenters. The predicted octanol–water partition coefficient (Wildman–Crippen LogP) is 3.19. The number of hydrogen-bond donors (Lipinski definition) is 0. The van der Waals surface area contributed by atoms with Gasteiger partial charge in [-0.2, -0.15) is 0 Å². The second kappa shape index (κ2) is 4.47. The molecule has 0 fully saturated rings. The molecule has 0 aliphatic rings. The summed E-state index contributed by atoms with van der Waals surface area (Å²) in [6, 6.07) is 11.2. The molecule has 76 valence electrons. The van der Waals surface area contributed by atoms with E-state index < -0.39 is 0 Å². The predicted molar refractivity (Wildman–Crippen MR) is 65.3 cm³/mol. The fraction of sp³-hybridized carbons (Fsp3) is 0. The molecule has 0 saturated heterocycles. The molecule has 0 N–H and O–H groups in total. The highest BCUT2D eigenvalue weighted by Crippen LogP contribution is 2.13. The van der Waals surface area contributed by atoms with E-state index in [1.807, 2.05) is 36.4 Å². The fourth-order valence-electron chi connectivity index (χ4n) is 1.15. The van der Waals surface area contributed by atoms with Crippen molar-refractivity contribution in [2.75, 3.05) is 0 Å². The second-order valence-electron chi connectivity index (χ2n) is 2.93. The van der Waals surface area contributed by atoms with Crippen LogP contribution < -0.4 is 5.56 Å². The summed E-state index contributed by atoms with van der Waals surface area (Å²) in [4.78, 5) is 11.3. The molecule has 0 unspecified atom stereocenters. The van der Waals surface area contributed by atoms with Crippen molar-refractivity contribution in [1.82, 2.24) is 3.96 Å². The Kier molecular flexibility index (Phi) is 3.04.